The van der Waals surface area contributed by atoms with Crippen LogP contribution in [0.3, 0.4) is 0 Å². The molecule has 3 heterocycles. The summed E-state index contributed by atoms with van der Waals surface area (Å²) >= 11 is 13.4. The molecule has 12 nitrogen and oxygen atoms in total. The van der Waals surface area contributed by atoms with E-state index in [1.54, 1.807) is 43.4 Å². The van der Waals surface area contributed by atoms with Crippen molar-refractivity contribution >= 4 is 46.1 Å². The average Bonchev–Trinajstić information content (AvgIpc) is 3.05. The van der Waals surface area contributed by atoms with Crippen LogP contribution in [0.2, 0.25) is 10.0 Å². The Labute approximate surface area is 271 Å². The van der Waals surface area contributed by atoms with Crippen LogP contribution in [0.15, 0.2) is 34.8 Å². The fourth-order valence-corrected chi connectivity index (χ4v) is 5.77. The van der Waals surface area contributed by atoms with Crippen molar-refractivity contribution in [2.45, 2.75) is 44.9 Å². The number of carbonyl (C=O) groups excluding carboxylic acids is 1. The van der Waals surface area contributed by atoms with Gasteiger partial charge in [0, 0.05) is 48.9 Å². The summed E-state index contributed by atoms with van der Waals surface area (Å²) in [7, 11) is 6.40. The van der Waals surface area contributed by atoms with Crippen LogP contribution in [-0.2, 0) is 16.1 Å². The second-order valence-electron chi connectivity index (χ2n) is 11.0. The molecule has 14 heteroatoms. The smallest absolute Gasteiger partial charge is 0.264 e. The molecule has 0 atom stereocenters. The lowest BCUT2D eigenvalue weighted by Crippen LogP contribution is -2.42. The number of methoxy groups -OCH3 is 2. The maximum Gasteiger partial charge on any atom is 0.264 e. The third-order valence-corrected chi connectivity index (χ3v) is 8.54. The number of pyridine rings is 1. The van der Waals surface area contributed by atoms with Crippen LogP contribution in [-0.4, -0.2) is 85.0 Å². The van der Waals surface area contributed by atoms with Crippen molar-refractivity contribution in [3.05, 3.63) is 50.4 Å². The second-order valence-corrected chi connectivity index (χ2v) is 11.8. The van der Waals surface area contributed by atoms with E-state index in [-0.39, 0.29) is 57.5 Å². The van der Waals surface area contributed by atoms with Crippen LogP contribution in [0, 0.1) is 11.3 Å². The molecule has 0 saturated carbocycles. The highest BCUT2D eigenvalue weighted by atomic mass is 35.5. The van der Waals surface area contributed by atoms with Gasteiger partial charge in [-0.25, -0.2) is 4.98 Å². The van der Waals surface area contributed by atoms with Gasteiger partial charge in [0.25, 0.3) is 11.5 Å². The van der Waals surface area contributed by atoms with E-state index in [4.69, 9.17) is 37.4 Å². The van der Waals surface area contributed by atoms with Gasteiger partial charge in [-0.2, -0.15) is 10.2 Å². The zero-order valence-electron chi connectivity index (χ0n) is 26.2. The second kappa shape index (κ2) is 14.5. The van der Waals surface area contributed by atoms with Gasteiger partial charge < -0.3 is 29.7 Å². The highest BCUT2D eigenvalue weighted by Gasteiger charge is 2.28. The molecule has 0 unspecified atom stereocenters. The molecular weight excluding hydrogens is 621 g/mol. The predicted molar refractivity (Wildman–Crippen MR) is 174 cm³/mol. The maximum absolute atomic E-state index is 14.0. The van der Waals surface area contributed by atoms with Crippen molar-refractivity contribution in [2.24, 2.45) is 0 Å². The van der Waals surface area contributed by atoms with Crippen LogP contribution >= 0.6 is 23.2 Å². The minimum absolute atomic E-state index is 0.108. The molecule has 1 saturated heterocycles. The van der Waals surface area contributed by atoms with E-state index in [0.29, 0.717) is 54.4 Å². The minimum Gasteiger partial charge on any atom is -0.495 e. The van der Waals surface area contributed by atoms with Crippen molar-refractivity contribution in [3.63, 3.8) is 0 Å². The molecule has 1 aliphatic rings. The number of benzene rings is 1. The third-order valence-electron chi connectivity index (χ3n) is 7.79. The molecule has 0 spiro atoms. The van der Waals surface area contributed by atoms with Crippen molar-refractivity contribution in [3.8, 4) is 28.7 Å². The summed E-state index contributed by atoms with van der Waals surface area (Å²) in [5.74, 6) is 0.666. The van der Waals surface area contributed by atoms with Crippen molar-refractivity contribution in [1.29, 1.82) is 5.26 Å². The molecule has 1 aromatic carbocycles. The van der Waals surface area contributed by atoms with Crippen molar-refractivity contribution < 1.29 is 19.0 Å². The lowest BCUT2D eigenvalue weighted by molar-refractivity contribution is -0.129. The summed E-state index contributed by atoms with van der Waals surface area (Å²) in [6.07, 6.45) is 4.32. The number of likely N-dealkylation sites (N-methyl/N-ethyl adjacent to an activating group) is 1. The SMILES string of the molecule is CNc1ncc2cc(-c3c(Cl)c(OC)cc(OC)c3Cl)c(=O)n(CCOC3CCN(C(=O)C(C#N)=CC(C)(C)NC)CC3)c2n1. The first-order chi connectivity index (χ1) is 21.5. The summed E-state index contributed by atoms with van der Waals surface area (Å²) in [5, 5.41) is 16.5. The Morgan fingerprint density at radius 3 is 2.36 bits per heavy atom. The Hall–Kier alpha value is -3.89. The lowest BCUT2D eigenvalue weighted by Gasteiger charge is -2.32. The van der Waals surface area contributed by atoms with E-state index in [9.17, 15) is 14.9 Å². The monoisotopic (exact) mass is 657 g/mol. The molecule has 0 radical (unpaired) electrons. The van der Waals surface area contributed by atoms with E-state index < -0.39 is 5.54 Å². The fourth-order valence-electron chi connectivity index (χ4n) is 5.07. The van der Waals surface area contributed by atoms with Gasteiger partial charge in [-0.05, 0) is 45.9 Å². The van der Waals surface area contributed by atoms with Gasteiger partial charge in [0.2, 0.25) is 5.95 Å². The number of nitrogens with zero attached hydrogens (tertiary/aromatic N) is 5. The highest BCUT2D eigenvalue weighted by Crippen LogP contribution is 2.45. The highest BCUT2D eigenvalue weighted by molar-refractivity contribution is 6.41. The maximum atomic E-state index is 14.0. The van der Waals surface area contributed by atoms with Gasteiger partial charge >= 0.3 is 0 Å². The number of hydrogen-bond donors (Lipinski definition) is 2. The molecule has 0 aliphatic carbocycles. The number of piperidine rings is 1. The Kier molecular flexibility index (Phi) is 10.9. The summed E-state index contributed by atoms with van der Waals surface area (Å²) in [5.41, 5.74) is 0.147. The number of likely N-dealkylation sites (tertiary alicyclic amines) is 1. The minimum atomic E-state index is -0.490. The Bertz CT molecular complexity index is 1680. The number of aromatic nitrogens is 3. The fraction of sp³-hybridized carbons (Fsp3) is 0.452. The van der Waals surface area contributed by atoms with E-state index in [1.165, 1.54) is 18.8 Å². The molecule has 1 fully saturated rings. The number of nitrogens with one attached hydrogen (secondary N) is 2. The van der Waals surface area contributed by atoms with E-state index in [0.717, 1.165) is 0 Å². The molecule has 1 amide bonds. The molecule has 45 heavy (non-hydrogen) atoms. The largest absolute Gasteiger partial charge is 0.495 e. The lowest BCUT2D eigenvalue weighted by atomic mass is 10.0. The van der Waals surface area contributed by atoms with E-state index in [2.05, 4.69) is 20.6 Å². The first kappa shape index (κ1) is 34.0. The molecule has 2 N–H and O–H groups in total. The molecule has 2 aromatic heterocycles. The molecule has 240 valence electrons. The van der Waals surface area contributed by atoms with Crippen LogP contribution in [0.25, 0.3) is 22.2 Å². The number of rotatable bonds is 11. The number of carbonyl (C=O) groups is 1. The number of fused-ring (bicyclic) bond motifs is 1. The van der Waals surface area contributed by atoms with Gasteiger partial charge in [0.15, 0.2) is 0 Å². The Morgan fingerprint density at radius 1 is 1.16 bits per heavy atom. The zero-order valence-corrected chi connectivity index (χ0v) is 27.7. The van der Waals surface area contributed by atoms with Gasteiger partial charge in [-0.15, -0.1) is 0 Å². The first-order valence-corrected chi connectivity index (χ1v) is 15.2. The van der Waals surface area contributed by atoms with Crippen LogP contribution in [0.5, 0.6) is 11.5 Å². The summed E-state index contributed by atoms with van der Waals surface area (Å²) in [6.45, 7) is 5.08. The number of halogens is 2. The summed E-state index contributed by atoms with van der Waals surface area (Å²) in [6, 6.07) is 5.24. The van der Waals surface area contributed by atoms with Crippen LogP contribution in [0.1, 0.15) is 26.7 Å². The number of hydrogen-bond acceptors (Lipinski definition) is 10. The topological polar surface area (TPSA) is 144 Å². The van der Waals surface area contributed by atoms with Gasteiger partial charge in [0.1, 0.15) is 28.8 Å². The van der Waals surface area contributed by atoms with Gasteiger partial charge in [0.05, 0.1) is 49.1 Å². The van der Waals surface area contributed by atoms with Gasteiger partial charge in [-0.3, -0.25) is 14.2 Å². The van der Waals surface area contributed by atoms with Gasteiger partial charge in [-0.1, -0.05) is 23.2 Å². The number of anilines is 1. The van der Waals surface area contributed by atoms with E-state index >= 15 is 0 Å². The summed E-state index contributed by atoms with van der Waals surface area (Å²) in [4.78, 5) is 37.6. The predicted octanol–water partition coefficient (Wildman–Crippen LogP) is 4.28. The number of ether oxygens (including phenoxy) is 3. The Morgan fingerprint density at radius 2 is 1.80 bits per heavy atom. The quantitative estimate of drug-likeness (QED) is 0.226. The third kappa shape index (κ3) is 7.34. The standard InChI is InChI=1S/C31H37Cl2N7O5/c1-31(2,36-4)15-19(16-34)28(41)39-9-7-20(8-10-39)45-12-11-40-27-18(17-37-30(35-3)38-27)13-21(29(40)42)24-25(32)22(43-5)14-23(44-6)26(24)33/h13-15,17,20,36H,7-12H2,1-6H3,(H,35,37,38). The first-order valence-electron chi connectivity index (χ1n) is 14.4. The average molecular weight is 659 g/mol. The van der Waals surface area contributed by atoms with Crippen LogP contribution in [0.4, 0.5) is 5.95 Å². The van der Waals surface area contributed by atoms with Crippen LogP contribution < -0.4 is 25.7 Å². The molecule has 0 bridgehead atoms. The van der Waals surface area contributed by atoms with E-state index in [1.807, 2.05) is 19.9 Å². The molecule has 3 aromatic rings. The Balaban J connectivity index is 1.57. The number of nitriles is 1. The summed E-state index contributed by atoms with van der Waals surface area (Å²) < 4.78 is 18.5. The molecule has 1 aliphatic heterocycles. The molecule has 4 rings (SSSR count). The number of amides is 1. The molecular formula is C31H37Cl2N7O5. The normalized spacial score (nSPS) is 14.4. The van der Waals surface area contributed by atoms with Crippen molar-refractivity contribution in [2.75, 3.05) is 53.3 Å². The zero-order chi connectivity index (χ0) is 32.9. The van der Waals surface area contributed by atoms with Crippen molar-refractivity contribution in [1.82, 2.24) is 24.8 Å².